The normalized spacial score (nSPS) is 39.8. The molecule has 2 heteroatoms. The van der Waals surface area contributed by atoms with Gasteiger partial charge in [-0.2, -0.15) is 5.48 Å². The Kier molecular flexibility index (Phi) is 0.242. The molecular formula is C2H5NO. The Morgan fingerprint density at radius 1 is 2.00 bits per heavy atom. The van der Waals surface area contributed by atoms with Gasteiger partial charge in [-0.1, -0.05) is 0 Å². The first-order chi connectivity index (χ1) is 1.89. The Bertz CT molecular complexity index is 25.2. The summed E-state index contributed by atoms with van der Waals surface area (Å²) < 4.78 is 0. The van der Waals surface area contributed by atoms with Gasteiger partial charge in [0.15, 0.2) is 0 Å². The minimum atomic E-state index is 0.333. The first kappa shape index (κ1) is 2.18. The number of hydroxylamine groups is 1. The summed E-state index contributed by atoms with van der Waals surface area (Å²) in [6, 6.07) is 0. The smallest absolute Gasteiger partial charge is 0.148 e. The molecule has 0 amide bonds. The van der Waals surface area contributed by atoms with Gasteiger partial charge in [0, 0.05) is 0 Å². The van der Waals surface area contributed by atoms with E-state index in [1.165, 1.54) is 0 Å². The van der Waals surface area contributed by atoms with Crippen LogP contribution in [-0.2, 0) is 4.84 Å². The molecule has 1 saturated heterocycles. The topological polar surface area (TPSA) is 34.5 Å². The van der Waals surface area contributed by atoms with Crippen LogP contribution in [-0.4, -0.2) is 6.23 Å². The van der Waals surface area contributed by atoms with Crippen molar-refractivity contribution in [1.82, 2.24) is 5.48 Å². The zero-order chi connectivity index (χ0) is 2.99. The number of hydrogen-bond acceptors (Lipinski definition) is 2. The van der Waals surface area contributed by atoms with E-state index >= 15 is 0 Å². The summed E-state index contributed by atoms with van der Waals surface area (Å²) in [6.07, 6.45) is 0.333. The van der Waals surface area contributed by atoms with Crippen molar-refractivity contribution in [2.24, 2.45) is 0 Å². The van der Waals surface area contributed by atoms with E-state index in [1.54, 1.807) is 0 Å². The molecule has 4 heavy (non-hydrogen) atoms. The fraction of sp³-hybridized carbons (Fsp3) is 1.00. The standard InChI is InChI=1S/C2H5NO/c1-2-3-4-2/h2-3H,1H3/t2-/m1/s1. The van der Waals surface area contributed by atoms with Crippen LogP contribution < -0.4 is 5.48 Å². The molecule has 1 aliphatic heterocycles. The molecule has 0 aliphatic carbocycles. The molecule has 0 aromatic heterocycles. The summed E-state index contributed by atoms with van der Waals surface area (Å²) >= 11 is 0. The largest absolute Gasteiger partial charge is 0.279 e. The first-order valence-corrected chi connectivity index (χ1v) is 1.31. The zero-order valence-electron chi connectivity index (χ0n) is 2.49. The second-order valence-electron chi connectivity index (χ2n) is 0.878. The molecule has 0 spiro atoms. The van der Waals surface area contributed by atoms with Gasteiger partial charge in [0.2, 0.25) is 0 Å². The van der Waals surface area contributed by atoms with Crippen molar-refractivity contribution < 1.29 is 4.84 Å². The first-order valence-electron chi connectivity index (χ1n) is 1.31. The third-order valence-electron chi connectivity index (χ3n) is 0.354. The van der Waals surface area contributed by atoms with Crippen molar-refractivity contribution in [3.05, 3.63) is 0 Å². The Balaban J connectivity index is 2.17. The fourth-order valence-corrected chi connectivity index (χ4v) is 0.0680. The maximum Gasteiger partial charge on any atom is 0.148 e. The molecule has 1 fully saturated rings. The highest BCUT2D eigenvalue weighted by molar-refractivity contribution is 4.42. The zero-order valence-corrected chi connectivity index (χ0v) is 2.49. The van der Waals surface area contributed by atoms with Crippen LogP contribution >= 0.6 is 0 Å². The highest BCUT2D eigenvalue weighted by Gasteiger charge is 2.11. The SMILES string of the molecule is C[C@@H]1NO1. The van der Waals surface area contributed by atoms with E-state index in [4.69, 9.17) is 0 Å². The van der Waals surface area contributed by atoms with Crippen LogP contribution in [0.15, 0.2) is 0 Å². The van der Waals surface area contributed by atoms with Gasteiger partial charge in [0.05, 0.1) is 0 Å². The van der Waals surface area contributed by atoms with Crippen molar-refractivity contribution in [1.29, 1.82) is 0 Å². The summed E-state index contributed by atoms with van der Waals surface area (Å²) in [4.78, 5) is 4.46. The van der Waals surface area contributed by atoms with Gasteiger partial charge in [-0.3, -0.25) is 4.84 Å². The maximum absolute atomic E-state index is 4.46. The Morgan fingerprint density at radius 3 is 2.25 bits per heavy atom. The van der Waals surface area contributed by atoms with E-state index in [1.807, 2.05) is 6.92 Å². The van der Waals surface area contributed by atoms with E-state index in [0.717, 1.165) is 0 Å². The van der Waals surface area contributed by atoms with Gasteiger partial charge in [-0.25, -0.2) is 0 Å². The average Bonchev–Trinajstić information content (AvgIpc) is 1.75. The van der Waals surface area contributed by atoms with E-state index in [-0.39, 0.29) is 0 Å². The van der Waals surface area contributed by atoms with Gasteiger partial charge >= 0.3 is 0 Å². The highest BCUT2D eigenvalue weighted by Crippen LogP contribution is 1.92. The number of rotatable bonds is 0. The second-order valence-corrected chi connectivity index (χ2v) is 0.878. The molecule has 2 nitrogen and oxygen atoms in total. The lowest BCUT2D eigenvalue weighted by atomic mass is 10.8. The molecule has 0 radical (unpaired) electrons. The molecule has 1 N–H and O–H groups in total. The molecule has 1 atom stereocenters. The average molecular weight is 59.1 g/mol. The quantitative estimate of drug-likeness (QED) is 0.394. The van der Waals surface area contributed by atoms with Crippen molar-refractivity contribution in [3.63, 3.8) is 0 Å². The van der Waals surface area contributed by atoms with Crippen molar-refractivity contribution >= 4 is 0 Å². The molecular weight excluding hydrogens is 54.0 g/mol. The Labute approximate surface area is 24.7 Å². The molecule has 0 bridgehead atoms. The molecule has 1 rings (SSSR count). The molecule has 24 valence electrons. The lowest BCUT2D eigenvalue weighted by molar-refractivity contribution is 0.380. The molecule has 1 aliphatic rings. The van der Waals surface area contributed by atoms with Gasteiger partial charge in [-0.15, -0.1) is 0 Å². The Hall–Kier alpha value is -0.0800. The number of hydrogen-bond donors (Lipinski definition) is 1. The van der Waals surface area contributed by atoms with Gasteiger partial charge in [0.25, 0.3) is 0 Å². The van der Waals surface area contributed by atoms with Gasteiger partial charge in [0.1, 0.15) is 6.23 Å². The summed E-state index contributed by atoms with van der Waals surface area (Å²) in [7, 11) is 0. The van der Waals surface area contributed by atoms with E-state index in [0.29, 0.717) is 6.23 Å². The van der Waals surface area contributed by atoms with Crippen LogP contribution in [0.25, 0.3) is 0 Å². The van der Waals surface area contributed by atoms with Crippen LogP contribution in [0, 0.1) is 0 Å². The molecule has 1 heterocycles. The van der Waals surface area contributed by atoms with E-state index < -0.39 is 0 Å². The van der Waals surface area contributed by atoms with Crippen molar-refractivity contribution in [2.45, 2.75) is 13.2 Å². The predicted molar refractivity (Wildman–Crippen MR) is 13.7 cm³/mol. The van der Waals surface area contributed by atoms with Crippen molar-refractivity contribution in [2.75, 3.05) is 0 Å². The fourth-order valence-electron chi connectivity index (χ4n) is 0.0680. The lowest BCUT2D eigenvalue weighted by Crippen LogP contribution is -1.72. The van der Waals surface area contributed by atoms with E-state index in [9.17, 15) is 0 Å². The molecule has 0 aromatic rings. The van der Waals surface area contributed by atoms with Gasteiger partial charge < -0.3 is 0 Å². The monoisotopic (exact) mass is 59.0 g/mol. The summed E-state index contributed by atoms with van der Waals surface area (Å²) in [5.74, 6) is 0. The van der Waals surface area contributed by atoms with Crippen LogP contribution in [0.2, 0.25) is 0 Å². The minimum Gasteiger partial charge on any atom is -0.279 e. The minimum absolute atomic E-state index is 0.333. The van der Waals surface area contributed by atoms with Gasteiger partial charge in [-0.05, 0) is 6.92 Å². The summed E-state index contributed by atoms with van der Waals surface area (Å²) in [6.45, 7) is 1.94. The van der Waals surface area contributed by atoms with Crippen LogP contribution in [0.3, 0.4) is 0 Å². The molecule has 0 aromatic carbocycles. The number of nitrogens with one attached hydrogen (secondary N) is 1. The summed E-state index contributed by atoms with van der Waals surface area (Å²) in [5.41, 5.74) is 2.60. The summed E-state index contributed by atoms with van der Waals surface area (Å²) in [5, 5.41) is 0. The molecule has 0 unspecified atom stereocenters. The van der Waals surface area contributed by atoms with Crippen LogP contribution in [0.5, 0.6) is 0 Å². The highest BCUT2D eigenvalue weighted by atomic mass is 16.8. The Morgan fingerprint density at radius 2 is 2.25 bits per heavy atom. The van der Waals surface area contributed by atoms with Crippen LogP contribution in [0.1, 0.15) is 6.92 Å². The van der Waals surface area contributed by atoms with Crippen molar-refractivity contribution in [3.8, 4) is 0 Å². The van der Waals surface area contributed by atoms with Crippen LogP contribution in [0.4, 0.5) is 0 Å². The third-order valence-corrected chi connectivity index (χ3v) is 0.354. The lowest BCUT2D eigenvalue weighted by Gasteiger charge is -1.45. The predicted octanol–water partition coefficient (Wildman–Crippen LogP) is -0.133. The second kappa shape index (κ2) is 0.445. The molecule has 0 saturated carbocycles. The third kappa shape index (κ3) is 0.191. The maximum atomic E-state index is 4.46. The van der Waals surface area contributed by atoms with E-state index in [2.05, 4.69) is 10.3 Å².